The summed E-state index contributed by atoms with van der Waals surface area (Å²) in [5.41, 5.74) is 8.67. The van der Waals surface area contributed by atoms with Crippen molar-refractivity contribution in [2.24, 2.45) is 16.6 Å². The number of anilines is 1. The van der Waals surface area contributed by atoms with E-state index in [0.29, 0.717) is 18.5 Å². The summed E-state index contributed by atoms with van der Waals surface area (Å²) in [7, 11) is 0. The maximum atomic E-state index is 6.21. The predicted octanol–water partition coefficient (Wildman–Crippen LogP) is 3.95. The molecule has 2 aliphatic heterocycles. The predicted molar refractivity (Wildman–Crippen MR) is 126 cm³/mol. The van der Waals surface area contributed by atoms with E-state index in [9.17, 15) is 0 Å². The molecular formula is C22H29IN4O. The molecule has 2 aromatic rings. The minimum atomic E-state index is 0. The molecule has 1 fully saturated rings. The summed E-state index contributed by atoms with van der Waals surface area (Å²) >= 11 is 0. The second-order valence-corrected chi connectivity index (χ2v) is 7.39. The van der Waals surface area contributed by atoms with Crippen molar-refractivity contribution in [3.8, 4) is 5.75 Å². The average molecular weight is 492 g/mol. The first-order valence-corrected chi connectivity index (χ1v) is 9.88. The lowest BCUT2D eigenvalue weighted by molar-refractivity contribution is 0.262. The number of rotatable bonds is 4. The van der Waals surface area contributed by atoms with Crippen molar-refractivity contribution in [2.45, 2.75) is 25.3 Å². The van der Waals surface area contributed by atoms with E-state index in [0.717, 1.165) is 37.4 Å². The monoisotopic (exact) mass is 492 g/mol. The maximum absolute atomic E-state index is 6.21. The first-order chi connectivity index (χ1) is 13.3. The Bertz CT molecular complexity index is 783. The van der Waals surface area contributed by atoms with Gasteiger partial charge in [0.15, 0.2) is 5.96 Å². The molecule has 2 unspecified atom stereocenters. The number of fused-ring (bicyclic) bond motifs is 1. The van der Waals surface area contributed by atoms with E-state index in [-0.39, 0.29) is 30.0 Å². The number of ether oxygens (including phenoxy) is 1. The van der Waals surface area contributed by atoms with E-state index >= 15 is 0 Å². The molecular weight excluding hydrogens is 463 g/mol. The Morgan fingerprint density at radius 3 is 2.75 bits per heavy atom. The zero-order chi connectivity index (χ0) is 18.5. The lowest BCUT2D eigenvalue weighted by Crippen LogP contribution is -2.39. The normalized spacial score (nSPS) is 21.9. The van der Waals surface area contributed by atoms with Gasteiger partial charge in [0.1, 0.15) is 5.75 Å². The van der Waals surface area contributed by atoms with Crippen LogP contribution in [0.15, 0.2) is 59.6 Å². The van der Waals surface area contributed by atoms with Gasteiger partial charge in [0.2, 0.25) is 0 Å². The van der Waals surface area contributed by atoms with Crippen LogP contribution in [-0.4, -0.2) is 32.2 Å². The highest BCUT2D eigenvalue weighted by Crippen LogP contribution is 2.31. The van der Waals surface area contributed by atoms with Gasteiger partial charge >= 0.3 is 0 Å². The second-order valence-electron chi connectivity index (χ2n) is 7.39. The smallest absolute Gasteiger partial charge is 0.189 e. The molecule has 0 aliphatic carbocycles. The Kier molecular flexibility index (Phi) is 7.42. The van der Waals surface area contributed by atoms with Crippen LogP contribution in [0.5, 0.6) is 5.75 Å². The lowest BCUT2D eigenvalue weighted by Gasteiger charge is -2.34. The number of nitrogens with two attached hydrogens (primary N) is 1. The summed E-state index contributed by atoms with van der Waals surface area (Å²) in [6.45, 7) is 3.64. The summed E-state index contributed by atoms with van der Waals surface area (Å²) in [5.74, 6) is 2.02. The van der Waals surface area contributed by atoms with Crippen LogP contribution in [-0.2, 0) is 0 Å². The number of nitrogens with one attached hydrogen (secondary N) is 1. The van der Waals surface area contributed by atoms with Crippen LogP contribution in [0.4, 0.5) is 5.69 Å². The minimum Gasteiger partial charge on any atom is -0.493 e. The van der Waals surface area contributed by atoms with Crippen LogP contribution in [0, 0.1) is 5.92 Å². The van der Waals surface area contributed by atoms with Gasteiger partial charge < -0.3 is 20.7 Å². The third-order valence-corrected chi connectivity index (χ3v) is 5.44. The molecule has 4 rings (SSSR count). The molecule has 5 nitrogen and oxygen atoms in total. The summed E-state index contributed by atoms with van der Waals surface area (Å²) < 4.78 is 5.72. The van der Waals surface area contributed by atoms with Crippen LogP contribution in [0.2, 0.25) is 0 Å². The number of guanidine groups is 1. The van der Waals surface area contributed by atoms with E-state index in [2.05, 4.69) is 51.6 Å². The van der Waals surface area contributed by atoms with Crippen molar-refractivity contribution in [3.63, 3.8) is 0 Å². The van der Waals surface area contributed by atoms with Gasteiger partial charge in [-0.3, -0.25) is 4.99 Å². The molecule has 28 heavy (non-hydrogen) atoms. The Labute approximate surface area is 184 Å². The lowest BCUT2D eigenvalue weighted by atomic mass is 9.97. The molecule has 150 valence electrons. The third-order valence-electron chi connectivity index (χ3n) is 5.44. The highest BCUT2D eigenvalue weighted by Gasteiger charge is 2.22. The molecule has 1 saturated heterocycles. The van der Waals surface area contributed by atoms with Gasteiger partial charge in [0.25, 0.3) is 0 Å². The van der Waals surface area contributed by atoms with Gasteiger partial charge in [-0.15, -0.1) is 24.0 Å². The molecule has 2 aliphatic rings. The molecule has 0 radical (unpaired) electrons. The number of hydrogen-bond acceptors (Lipinski definition) is 3. The molecule has 0 aromatic heterocycles. The van der Waals surface area contributed by atoms with Gasteiger partial charge in [0, 0.05) is 37.3 Å². The van der Waals surface area contributed by atoms with E-state index in [1.165, 1.54) is 18.5 Å². The summed E-state index contributed by atoms with van der Waals surface area (Å²) in [5, 5.41) is 3.39. The van der Waals surface area contributed by atoms with Gasteiger partial charge in [-0.2, -0.15) is 0 Å². The van der Waals surface area contributed by atoms with Crippen LogP contribution < -0.4 is 20.7 Å². The number of halogens is 1. The average Bonchev–Trinajstić information content (AvgIpc) is 2.73. The molecule has 2 heterocycles. The summed E-state index contributed by atoms with van der Waals surface area (Å²) in [6, 6.07) is 19.0. The molecule has 2 atom stereocenters. The highest BCUT2D eigenvalue weighted by molar-refractivity contribution is 14.0. The van der Waals surface area contributed by atoms with Crippen molar-refractivity contribution < 1.29 is 4.74 Å². The Hall–Kier alpha value is -1.96. The first-order valence-electron chi connectivity index (χ1n) is 9.88. The zero-order valence-corrected chi connectivity index (χ0v) is 18.4. The van der Waals surface area contributed by atoms with E-state index < -0.39 is 0 Å². The van der Waals surface area contributed by atoms with Gasteiger partial charge in [-0.1, -0.05) is 36.4 Å². The number of benzene rings is 2. The van der Waals surface area contributed by atoms with Crippen molar-refractivity contribution >= 4 is 35.6 Å². The van der Waals surface area contributed by atoms with Crippen LogP contribution in [0.3, 0.4) is 0 Å². The SMILES string of the molecule is I.NC(=NCC1CCCN(c2ccccc2)C1)NC1CCOc2ccccc21. The number of nitrogens with zero attached hydrogens (tertiary/aromatic N) is 2. The van der Waals surface area contributed by atoms with E-state index in [1.54, 1.807) is 0 Å². The fourth-order valence-electron chi connectivity index (χ4n) is 4.03. The molecule has 0 saturated carbocycles. The molecule has 0 bridgehead atoms. The fraction of sp³-hybridized carbons (Fsp3) is 0.409. The highest BCUT2D eigenvalue weighted by atomic mass is 127. The molecule has 3 N–H and O–H groups in total. The van der Waals surface area contributed by atoms with Crippen molar-refractivity contribution in [1.29, 1.82) is 0 Å². The van der Waals surface area contributed by atoms with Crippen LogP contribution >= 0.6 is 24.0 Å². The standard InChI is InChI=1S/C22H28N4O.HI/c23-22(25-20-12-14-27-21-11-5-4-10-19(20)21)24-15-17-7-6-13-26(16-17)18-8-2-1-3-9-18;/h1-5,8-11,17,20H,6-7,12-16H2,(H3,23,24,25);1H. The van der Waals surface area contributed by atoms with Gasteiger partial charge in [0.05, 0.1) is 12.6 Å². The molecule has 6 heteroatoms. The van der Waals surface area contributed by atoms with Gasteiger partial charge in [-0.05, 0) is 37.0 Å². The van der Waals surface area contributed by atoms with Crippen LogP contribution in [0.1, 0.15) is 30.9 Å². The summed E-state index contributed by atoms with van der Waals surface area (Å²) in [4.78, 5) is 7.12. The van der Waals surface area contributed by atoms with Crippen molar-refractivity contribution in [1.82, 2.24) is 5.32 Å². The zero-order valence-electron chi connectivity index (χ0n) is 16.1. The van der Waals surface area contributed by atoms with E-state index in [4.69, 9.17) is 10.5 Å². The number of aliphatic imine (C=N–C) groups is 1. The largest absolute Gasteiger partial charge is 0.493 e. The molecule has 0 amide bonds. The topological polar surface area (TPSA) is 62.9 Å². The summed E-state index contributed by atoms with van der Waals surface area (Å²) in [6.07, 6.45) is 3.31. The Morgan fingerprint density at radius 2 is 1.89 bits per heavy atom. The van der Waals surface area contributed by atoms with E-state index in [1.807, 2.05) is 18.2 Å². The quantitative estimate of drug-likeness (QED) is 0.386. The first kappa shape index (κ1) is 20.8. The van der Waals surface area contributed by atoms with Gasteiger partial charge in [-0.25, -0.2) is 0 Å². The maximum Gasteiger partial charge on any atom is 0.189 e. The number of para-hydroxylation sites is 2. The Balaban J connectivity index is 0.00000225. The van der Waals surface area contributed by atoms with Crippen molar-refractivity contribution in [2.75, 3.05) is 31.1 Å². The third kappa shape index (κ3) is 5.10. The molecule has 2 aromatic carbocycles. The number of piperidine rings is 1. The van der Waals surface area contributed by atoms with Crippen LogP contribution in [0.25, 0.3) is 0 Å². The molecule has 0 spiro atoms. The minimum absolute atomic E-state index is 0. The van der Waals surface area contributed by atoms with Crippen molar-refractivity contribution in [3.05, 3.63) is 60.2 Å². The second kappa shape index (κ2) is 10.0. The Morgan fingerprint density at radius 1 is 1.11 bits per heavy atom. The number of hydrogen-bond donors (Lipinski definition) is 2. The fourth-order valence-corrected chi connectivity index (χ4v) is 4.03.